The van der Waals surface area contributed by atoms with Gasteiger partial charge in [-0.3, -0.25) is 9.78 Å². The van der Waals surface area contributed by atoms with E-state index in [1.54, 1.807) is 18.3 Å². The molecule has 1 N–H and O–H groups in total. The number of hydrogen-bond acceptors (Lipinski definition) is 6. The first-order valence-corrected chi connectivity index (χ1v) is 7.03. The smallest absolute Gasteiger partial charge is 0.283 e. The number of ether oxygens (including phenoxy) is 1. The van der Waals surface area contributed by atoms with Gasteiger partial charge in [-0.1, -0.05) is 30.3 Å². The molecule has 0 aliphatic rings. The second kappa shape index (κ2) is 7.17. The monoisotopic (exact) mass is 310 g/mol. The van der Waals surface area contributed by atoms with Crippen LogP contribution in [0.5, 0.6) is 5.88 Å². The fourth-order valence-corrected chi connectivity index (χ4v) is 1.96. The number of amides is 1. The van der Waals surface area contributed by atoms with Crippen LogP contribution in [0.1, 0.15) is 10.4 Å². The van der Waals surface area contributed by atoms with Gasteiger partial charge in [-0.15, -0.1) is 0 Å². The van der Waals surface area contributed by atoms with Crippen LogP contribution in [0.4, 0.5) is 0 Å². The van der Waals surface area contributed by atoms with Gasteiger partial charge in [0.2, 0.25) is 0 Å². The van der Waals surface area contributed by atoms with Crippen molar-refractivity contribution < 1.29 is 14.2 Å². The molecular weight excluding hydrogens is 296 g/mol. The van der Waals surface area contributed by atoms with Crippen LogP contribution in [0.3, 0.4) is 0 Å². The lowest BCUT2D eigenvalue weighted by Gasteiger charge is -2.06. The maximum atomic E-state index is 11.8. The fourth-order valence-electron chi connectivity index (χ4n) is 1.96. The van der Waals surface area contributed by atoms with Crippen LogP contribution in [0, 0.1) is 0 Å². The Morgan fingerprint density at radius 2 is 2.00 bits per heavy atom. The van der Waals surface area contributed by atoms with Gasteiger partial charge < -0.3 is 10.1 Å². The highest BCUT2D eigenvalue weighted by Crippen LogP contribution is 2.25. The molecule has 2 heterocycles. The molecule has 0 atom stereocenters. The standard InChI is InChI=1S/C16H14N4O3/c21-15(13-7-4-8-17-11-13)18-9-10-22-16-14(19-23-20-16)12-5-2-1-3-6-12/h1-8,11H,9-10H2,(H,18,21). The normalized spacial score (nSPS) is 10.3. The summed E-state index contributed by atoms with van der Waals surface area (Å²) in [4.78, 5) is 15.7. The van der Waals surface area contributed by atoms with Gasteiger partial charge in [-0.25, -0.2) is 4.63 Å². The SMILES string of the molecule is O=C(NCCOc1nonc1-c1ccccc1)c1cccnc1. The molecular formula is C16H14N4O3. The minimum absolute atomic E-state index is 0.205. The van der Waals surface area contributed by atoms with E-state index in [2.05, 4.69) is 20.6 Å². The molecule has 0 aliphatic carbocycles. The summed E-state index contributed by atoms with van der Waals surface area (Å²) in [6, 6.07) is 12.9. The molecule has 23 heavy (non-hydrogen) atoms. The summed E-state index contributed by atoms with van der Waals surface area (Å²) in [5.41, 5.74) is 1.88. The van der Waals surface area contributed by atoms with Crippen molar-refractivity contribution in [2.45, 2.75) is 0 Å². The summed E-state index contributed by atoms with van der Waals surface area (Å²) in [7, 11) is 0. The zero-order valence-corrected chi connectivity index (χ0v) is 12.2. The third-order valence-electron chi connectivity index (χ3n) is 3.06. The molecule has 116 valence electrons. The van der Waals surface area contributed by atoms with Crippen molar-refractivity contribution in [3.05, 3.63) is 60.4 Å². The van der Waals surface area contributed by atoms with E-state index in [9.17, 15) is 4.79 Å². The molecule has 0 spiro atoms. The number of nitrogens with zero attached hydrogens (tertiary/aromatic N) is 3. The third kappa shape index (κ3) is 3.70. The number of rotatable bonds is 6. The average molecular weight is 310 g/mol. The minimum atomic E-state index is -0.205. The summed E-state index contributed by atoms with van der Waals surface area (Å²) < 4.78 is 10.2. The highest BCUT2D eigenvalue weighted by molar-refractivity contribution is 5.93. The first kappa shape index (κ1) is 14.7. The molecule has 0 unspecified atom stereocenters. The van der Waals surface area contributed by atoms with Gasteiger partial charge in [0.05, 0.1) is 12.1 Å². The predicted molar refractivity (Wildman–Crippen MR) is 81.8 cm³/mol. The van der Waals surface area contributed by atoms with E-state index in [1.807, 2.05) is 30.3 Å². The number of benzene rings is 1. The molecule has 0 saturated carbocycles. The number of carbonyl (C=O) groups excluding carboxylic acids is 1. The van der Waals surface area contributed by atoms with E-state index in [0.717, 1.165) is 5.56 Å². The van der Waals surface area contributed by atoms with Gasteiger partial charge in [-0.05, 0) is 22.4 Å². The number of nitrogens with one attached hydrogen (secondary N) is 1. The molecule has 0 fully saturated rings. The van der Waals surface area contributed by atoms with Crippen LogP contribution < -0.4 is 10.1 Å². The highest BCUT2D eigenvalue weighted by atomic mass is 16.6. The molecule has 3 aromatic rings. The summed E-state index contributed by atoms with van der Waals surface area (Å²) >= 11 is 0. The molecule has 0 aliphatic heterocycles. The molecule has 1 amide bonds. The Morgan fingerprint density at radius 1 is 1.13 bits per heavy atom. The molecule has 0 saturated heterocycles. The summed E-state index contributed by atoms with van der Waals surface area (Å²) in [6.45, 7) is 0.578. The lowest BCUT2D eigenvalue weighted by molar-refractivity contribution is 0.0946. The van der Waals surface area contributed by atoms with Crippen molar-refractivity contribution in [3.63, 3.8) is 0 Å². The van der Waals surface area contributed by atoms with Gasteiger partial charge in [0.25, 0.3) is 11.8 Å². The Bertz CT molecular complexity index is 759. The van der Waals surface area contributed by atoms with E-state index >= 15 is 0 Å². The van der Waals surface area contributed by atoms with Crippen molar-refractivity contribution in [2.75, 3.05) is 13.2 Å². The second-order valence-electron chi connectivity index (χ2n) is 4.63. The molecule has 2 aromatic heterocycles. The predicted octanol–water partition coefficient (Wildman–Crippen LogP) is 1.94. The minimum Gasteiger partial charge on any atom is -0.472 e. The lowest BCUT2D eigenvalue weighted by Crippen LogP contribution is -2.28. The number of pyridine rings is 1. The van der Waals surface area contributed by atoms with Crippen molar-refractivity contribution >= 4 is 5.91 Å². The topological polar surface area (TPSA) is 90.1 Å². The van der Waals surface area contributed by atoms with Crippen LogP contribution >= 0.6 is 0 Å². The number of hydrogen-bond donors (Lipinski definition) is 1. The van der Waals surface area contributed by atoms with Crippen molar-refractivity contribution in [3.8, 4) is 17.1 Å². The summed E-state index contributed by atoms with van der Waals surface area (Å²) in [5, 5.41) is 10.3. The van der Waals surface area contributed by atoms with E-state index in [-0.39, 0.29) is 12.5 Å². The summed E-state index contributed by atoms with van der Waals surface area (Å²) in [6.07, 6.45) is 3.12. The first-order valence-electron chi connectivity index (χ1n) is 7.03. The third-order valence-corrected chi connectivity index (χ3v) is 3.06. The van der Waals surface area contributed by atoms with Gasteiger partial charge >= 0.3 is 0 Å². The Labute approximate surface area is 132 Å². The maximum absolute atomic E-state index is 11.8. The first-order chi connectivity index (χ1) is 11.3. The van der Waals surface area contributed by atoms with Gasteiger partial charge in [-0.2, -0.15) is 0 Å². The van der Waals surface area contributed by atoms with Crippen molar-refractivity contribution in [1.29, 1.82) is 0 Å². The Morgan fingerprint density at radius 3 is 2.78 bits per heavy atom. The van der Waals surface area contributed by atoms with Crippen LogP contribution in [0.25, 0.3) is 11.3 Å². The molecule has 0 bridgehead atoms. The Hall–Kier alpha value is -3.22. The van der Waals surface area contributed by atoms with E-state index in [1.165, 1.54) is 6.20 Å². The number of aromatic nitrogens is 3. The summed E-state index contributed by atoms with van der Waals surface area (Å²) in [5.74, 6) is 0.0927. The zero-order chi connectivity index (χ0) is 15.9. The van der Waals surface area contributed by atoms with E-state index < -0.39 is 0 Å². The molecule has 1 aromatic carbocycles. The van der Waals surface area contributed by atoms with Crippen LogP contribution in [0.2, 0.25) is 0 Å². The van der Waals surface area contributed by atoms with Crippen LogP contribution in [0.15, 0.2) is 59.5 Å². The highest BCUT2D eigenvalue weighted by Gasteiger charge is 2.13. The molecule has 7 nitrogen and oxygen atoms in total. The second-order valence-corrected chi connectivity index (χ2v) is 4.63. The largest absolute Gasteiger partial charge is 0.472 e. The number of carbonyl (C=O) groups is 1. The van der Waals surface area contributed by atoms with Gasteiger partial charge in [0.1, 0.15) is 6.61 Å². The van der Waals surface area contributed by atoms with E-state index in [0.29, 0.717) is 23.7 Å². The van der Waals surface area contributed by atoms with Crippen LogP contribution in [-0.2, 0) is 0 Å². The van der Waals surface area contributed by atoms with Crippen molar-refractivity contribution in [2.24, 2.45) is 0 Å². The fraction of sp³-hybridized carbons (Fsp3) is 0.125. The Kier molecular flexibility index (Phi) is 4.58. The van der Waals surface area contributed by atoms with Gasteiger partial charge in [0.15, 0.2) is 5.69 Å². The quantitative estimate of drug-likeness (QED) is 0.700. The Balaban J connectivity index is 1.52. The maximum Gasteiger partial charge on any atom is 0.283 e. The van der Waals surface area contributed by atoms with Gasteiger partial charge in [0, 0.05) is 18.0 Å². The zero-order valence-electron chi connectivity index (χ0n) is 12.2. The molecule has 0 radical (unpaired) electrons. The van der Waals surface area contributed by atoms with Crippen LogP contribution in [-0.4, -0.2) is 34.4 Å². The molecule has 7 heteroatoms. The van der Waals surface area contributed by atoms with Crippen molar-refractivity contribution in [1.82, 2.24) is 20.6 Å². The van der Waals surface area contributed by atoms with E-state index in [4.69, 9.17) is 9.37 Å². The lowest BCUT2D eigenvalue weighted by atomic mass is 10.2. The average Bonchev–Trinajstić information content (AvgIpc) is 3.08. The molecule has 3 rings (SSSR count).